The predicted octanol–water partition coefficient (Wildman–Crippen LogP) is -0.0568. The molecule has 1 aromatic heterocycles. The Morgan fingerprint density at radius 2 is 2.12 bits per heavy atom. The van der Waals surface area contributed by atoms with E-state index >= 15 is 0 Å². The number of nitrogens with two attached hydrogens (primary N) is 2. The molecule has 0 aliphatic rings. The van der Waals surface area contributed by atoms with E-state index in [-0.39, 0.29) is 12.6 Å². The Morgan fingerprint density at radius 1 is 1.35 bits per heavy atom. The van der Waals surface area contributed by atoms with Crippen LogP contribution >= 0.6 is 0 Å². The molecular formula is C10H20N6O. The highest BCUT2D eigenvalue weighted by molar-refractivity contribution is 5.51. The number of aliphatic hydroxyl groups excluding tert-OH is 1. The van der Waals surface area contributed by atoms with Crippen molar-refractivity contribution < 1.29 is 5.11 Å². The SMILES string of the molecule is CN(CCCCCO)c1cc(NN)nc(N)n1. The van der Waals surface area contributed by atoms with Gasteiger partial charge in [0.25, 0.3) is 0 Å². The summed E-state index contributed by atoms with van der Waals surface area (Å²) in [7, 11) is 1.93. The Morgan fingerprint density at radius 3 is 2.76 bits per heavy atom. The molecule has 7 nitrogen and oxygen atoms in total. The molecule has 0 amide bonds. The number of hydrogen-bond donors (Lipinski definition) is 4. The van der Waals surface area contributed by atoms with Crippen LogP contribution in [0.4, 0.5) is 17.6 Å². The van der Waals surface area contributed by atoms with Crippen LogP contribution in [0.5, 0.6) is 0 Å². The summed E-state index contributed by atoms with van der Waals surface area (Å²) < 4.78 is 0. The van der Waals surface area contributed by atoms with Crippen LogP contribution in [-0.4, -0.2) is 35.3 Å². The number of hydrogen-bond acceptors (Lipinski definition) is 7. The number of rotatable bonds is 7. The summed E-state index contributed by atoms with van der Waals surface area (Å²) in [6.45, 7) is 1.09. The van der Waals surface area contributed by atoms with E-state index < -0.39 is 0 Å². The van der Waals surface area contributed by atoms with Gasteiger partial charge in [0.2, 0.25) is 5.95 Å². The van der Waals surface area contributed by atoms with E-state index in [4.69, 9.17) is 16.7 Å². The number of anilines is 3. The number of nitrogens with one attached hydrogen (secondary N) is 1. The third kappa shape index (κ3) is 4.41. The van der Waals surface area contributed by atoms with Crippen LogP contribution in [0.25, 0.3) is 0 Å². The van der Waals surface area contributed by atoms with Crippen molar-refractivity contribution in [1.29, 1.82) is 0 Å². The predicted molar refractivity (Wildman–Crippen MR) is 68.5 cm³/mol. The fourth-order valence-corrected chi connectivity index (χ4v) is 1.47. The van der Waals surface area contributed by atoms with Crippen molar-refractivity contribution in [2.75, 3.05) is 36.3 Å². The Kier molecular flexibility index (Phi) is 5.44. The summed E-state index contributed by atoms with van der Waals surface area (Å²) in [6.07, 6.45) is 2.81. The smallest absolute Gasteiger partial charge is 0.223 e. The van der Waals surface area contributed by atoms with E-state index in [1.807, 2.05) is 11.9 Å². The molecule has 1 rings (SSSR count). The molecule has 0 aliphatic carbocycles. The van der Waals surface area contributed by atoms with Crippen LogP contribution in [0.2, 0.25) is 0 Å². The largest absolute Gasteiger partial charge is 0.396 e. The third-order valence-electron chi connectivity index (χ3n) is 2.42. The maximum Gasteiger partial charge on any atom is 0.223 e. The Hall–Kier alpha value is -1.60. The van der Waals surface area contributed by atoms with Crippen molar-refractivity contribution in [3.05, 3.63) is 6.07 Å². The van der Waals surface area contributed by atoms with Crippen LogP contribution in [0.15, 0.2) is 6.07 Å². The molecule has 0 bridgehead atoms. The molecule has 0 fully saturated rings. The lowest BCUT2D eigenvalue weighted by molar-refractivity contribution is 0.283. The molecule has 0 saturated heterocycles. The third-order valence-corrected chi connectivity index (χ3v) is 2.42. The van der Waals surface area contributed by atoms with E-state index in [1.54, 1.807) is 6.07 Å². The van der Waals surface area contributed by atoms with Gasteiger partial charge >= 0.3 is 0 Å². The first-order chi connectivity index (χ1) is 8.17. The first-order valence-electron chi connectivity index (χ1n) is 5.60. The minimum Gasteiger partial charge on any atom is -0.396 e. The van der Waals surface area contributed by atoms with E-state index in [2.05, 4.69) is 15.4 Å². The average molecular weight is 240 g/mol. The summed E-state index contributed by atoms with van der Waals surface area (Å²) in [4.78, 5) is 10.0. The van der Waals surface area contributed by atoms with Gasteiger partial charge in [0.15, 0.2) is 0 Å². The highest BCUT2D eigenvalue weighted by atomic mass is 16.2. The molecule has 1 aromatic rings. The molecule has 7 heteroatoms. The van der Waals surface area contributed by atoms with Crippen molar-refractivity contribution in [1.82, 2.24) is 9.97 Å². The standard InChI is InChI=1S/C10H20N6O/c1-16(5-3-2-4-6-17)9-7-8(15-12)13-10(11)14-9/h7,17H,2-6,12H2,1H3,(H3,11,13,14,15). The molecule has 0 unspecified atom stereocenters. The Labute approximate surface area is 101 Å². The summed E-state index contributed by atoms with van der Waals surface area (Å²) in [5.74, 6) is 6.70. The van der Waals surface area contributed by atoms with E-state index in [0.717, 1.165) is 31.6 Å². The van der Waals surface area contributed by atoms with E-state index in [9.17, 15) is 0 Å². The topological polar surface area (TPSA) is 113 Å². The monoisotopic (exact) mass is 240 g/mol. The zero-order valence-corrected chi connectivity index (χ0v) is 10.1. The summed E-state index contributed by atoms with van der Waals surface area (Å²) in [5, 5.41) is 8.68. The Bertz CT molecular complexity index is 346. The second-order valence-corrected chi connectivity index (χ2v) is 3.82. The molecule has 0 aliphatic heterocycles. The summed E-state index contributed by atoms with van der Waals surface area (Å²) in [6, 6.07) is 1.74. The molecule has 0 spiro atoms. The number of unbranched alkanes of at least 4 members (excludes halogenated alkanes) is 2. The maximum absolute atomic E-state index is 8.68. The van der Waals surface area contributed by atoms with Gasteiger partial charge < -0.3 is 21.2 Å². The van der Waals surface area contributed by atoms with Gasteiger partial charge in [-0.2, -0.15) is 9.97 Å². The van der Waals surface area contributed by atoms with Crippen molar-refractivity contribution in [3.63, 3.8) is 0 Å². The van der Waals surface area contributed by atoms with E-state index in [0.29, 0.717) is 5.82 Å². The fourth-order valence-electron chi connectivity index (χ4n) is 1.47. The normalized spacial score (nSPS) is 10.3. The molecular weight excluding hydrogens is 220 g/mol. The van der Waals surface area contributed by atoms with Gasteiger partial charge in [-0.15, -0.1) is 0 Å². The van der Waals surface area contributed by atoms with Gasteiger partial charge in [-0.05, 0) is 19.3 Å². The lowest BCUT2D eigenvalue weighted by atomic mass is 10.2. The minimum atomic E-state index is 0.192. The quantitative estimate of drug-likeness (QED) is 0.300. The molecule has 0 radical (unpaired) electrons. The van der Waals surface area contributed by atoms with Gasteiger partial charge in [-0.25, -0.2) is 5.84 Å². The van der Waals surface area contributed by atoms with Gasteiger partial charge in [0.1, 0.15) is 11.6 Å². The lowest BCUT2D eigenvalue weighted by Crippen LogP contribution is -2.21. The first kappa shape index (κ1) is 13.5. The summed E-state index contributed by atoms with van der Waals surface area (Å²) >= 11 is 0. The van der Waals surface area contributed by atoms with Crippen molar-refractivity contribution in [2.45, 2.75) is 19.3 Å². The number of aliphatic hydroxyl groups is 1. The molecule has 17 heavy (non-hydrogen) atoms. The molecule has 0 atom stereocenters. The number of hydrazine groups is 1. The van der Waals surface area contributed by atoms with Crippen molar-refractivity contribution in [2.24, 2.45) is 5.84 Å². The van der Waals surface area contributed by atoms with Crippen molar-refractivity contribution >= 4 is 17.6 Å². The van der Waals surface area contributed by atoms with Crippen molar-refractivity contribution in [3.8, 4) is 0 Å². The average Bonchev–Trinajstić information content (AvgIpc) is 2.33. The van der Waals surface area contributed by atoms with E-state index in [1.165, 1.54) is 0 Å². The first-order valence-corrected chi connectivity index (χ1v) is 5.60. The maximum atomic E-state index is 8.68. The molecule has 6 N–H and O–H groups in total. The molecule has 0 aromatic carbocycles. The second-order valence-electron chi connectivity index (χ2n) is 3.82. The zero-order valence-electron chi connectivity index (χ0n) is 10.1. The fraction of sp³-hybridized carbons (Fsp3) is 0.600. The second kappa shape index (κ2) is 6.87. The zero-order chi connectivity index (χ0) is 12.7. The lowest BCUT2D eigenvalue weighted by Gasteiger charge is -2.18. The van der Waals surface area contributed by atoms with Crippen LogP contribution in [0.3, 0.4) is 0 Å². The highest BCUT2D eigenvalue weighted by Crippen LogP contribution is 2.15. The van der Waals surface area contributed by atoms with Crippen LogP contribution in [-0.2, 0) is 0 Å². The van der Waals surface area contributed by atoms with Gasteiger partial charge in [-0.3, -0.25) is 0 Å². The highest BCUT2D eigenvalue weighted by Gasteiger charge is 2.06. The summed E-state index contributed by atoms with van der Waals surface area (Å²) in [5.41, 5.74) is 8.02. The number of aromatic nitrogens is 2. The van der Waals surface area contributed by atoms with Gasteiger partial charge in [0.05, 0.1) is 0 Å². The molecule has 0 saturated carbocycles. The van der Waals surface area contributed by atoms with Crippen LogP contribution < -0.4 is 21.9 Å². The number of nitrogens with zero attached hydrogens (tertiary/aromatic N) is 3. The van der Waals surface area contributed by atoms with Crippen LogP contribution in [0, 0.1) is 0 Å². The van der Waals surface area contributed by atoms with Gasteiger partial charge in [0, 0.05) is 26.3 Å². The molecule has 96 valence electrons. The number of nitrogen functional groups attached to an aromatic ring is 2. The minimum absolute atomic E-state index is 0.192. The molecule has 1 heterocycles. The van der Waals surface area contributed by atoms with Crippen LogP contribution in [0.1, 0.15) is 19.3 Å². The Balaban J connectivity index is 2.55. The van der Waals surface area contributed by atoms with Gasteiger partial charge in [-0.1, -0.05) is 0 Å².